The fourth-order valence-electron chi connectivity index (χ4n) is 5.56. The molecule has 1 atom stereocenters. The van der Waals surface area contributed by atoms with Crippen LogP contribution in [0.2, 0.25) is 0 Å². The van der Waals surface area contributed by atoms with Gasteiger partial charge in [0.15, 0.2) is 0 Å². The molecule has 6 heteroatoms. The molecule has 1 N–H and O–H groups in total. The third kappa shape index (κ3) is 5.11. The van der Waals surface area contributed by atoms with Gasteiger partial charge in [-0.3, -0.25) is 4.98 Å². The number of hydrogen-bond acceptors (Lipinski definition) is 5. The summed E-state index contributed by atoms with van der Waals surface area (Å²) in [7, 11) is 0. The molecule has 3 heterocycles. The van der Waals surface area contributed by atoms with Crippen molar-refractivity contribution in [3.63, 3.8) is 0 Å². The molecule has 3 fully saturated rings. The third-order valence-corrected chi connectivity index (χ3v) is 8.39. The van der Waals surface area contributed by atoms with E-state index in [0.29, 0.717) is 6.10 Å². The highest BCUT2D eigenvalue weighted by atomic mass is 35.5. The minimum Gasteiger partial charge on any atom is -0.489 e. The van der Waals surface area contributed by atoms with Gasteiger partial charge in [-0.25, -0.2) is 0 Å². The lowest BCUT2D eigenvalue weighted by Crippen LogP contribution is -2.47. The maximum absolute atomic E-state index is 6.37. The number of pyridine rings is 1. The Morgan fingerprint density at radius 1 is 1.13 bits per heavy atom. The summed E-state index contributed by atoms with van der Waals surface area (Å²) in [5.74, 6) is 1.09. The summed E-state index contributed by atoms with van der Waals surface area (Å²) >= 11 is 1.80. The Kier molecular flexibility index (Phi) is 7.58. The average molecular weight is 463 g/mol. The van der Waals surface area contributed by atoms with Crippen molar-refractivity contribution in [1.29, 1.82) is 0 Å². The Hall–Kier alpha value is -1.14. The number of ether oxygens (including phenoxy) is 2. The Morgan fingerprint density at radius 2 is 2.00 bits per heavy atom. The zero-order valence-electron chi connectivity index (χ0n) is 18.3. The largest absolute Gasteiger partial charge is 0.489 e. The number of halogens is 1. The summed E-state index contributed by atoms with van der Waals surface area (Å²) < 4.78 is 12.5. The first kappa shape index (κ1) is 23.0. The molecule has 2 aromatic rings. The highest BCUT2D eigenvalue weighted by Gasteiger charge is 2.48. The molecule has 1 saturated heterocycles. The van der Waals surface area contributed by atoms with Crippen LogP contribution in [-0.4, -0.2) is 29.8 Å². The van der Waals surface area contributed by atoms with E-state index in [4.69, 9.17) is 14.5 Å². The van der Waals surface area contributed by atoms with Crippen LogP contribution in [0.4, 0.5) is 0 Å². The Bertz CT molecular complexity index is 820. The van der Waals surface area contributed by atoms with E-state index in [1.165, 1.54) is 55.5 Å². The van der Waals surface area contributed by atoms with Crippen molar-refractivity contribution >= 4 is 23.7 Å². The molecule has 3 aliphatic rings. The average Bonchev–Trinajstić information content (AvgIpc) is 3.38. The summed E-state index contributed by atoms with van der Waals surface area (Å²) in [6, 6.07) is 8.54. The van der Waals surface area contributed by atoms with E-state index in [9.17, 15) is 0 Å². The van der Waals surface area contributed by atoms with Gasteiger partial charge < -0.3 is 14.8 Å². The molecule has 1 spiro atoms. The second-order valence-corrected chi connectivity index (χ2v) is 10.5. The molecule has 0 radical (unpaired) electrons. The van der Waals surface area contributed by atoms with Crippen molar-refractivity contribution in [2.45, 2.75) is 87.9 Å². The van der Waals surface area contributed by atoms with Crippen molar-refractivity contribution in [2.75, 3.05) is 13.2 Å². The zero-order valence-corrected chi connectivity index (χ0v) is 19.9. The van der Waals surface area contributed by atoms with E-state index >= 15 is 0 Å². The van der Waals surface area contributed by atoms with Gasteiger partial charge in [0.2, 0.25) is 0 Å². The molecule has 4 nitrogen and oxygen atoms in total. The predicted molar refractivity (Wildman–Crippen MR) is 128 cm³/mol. The fraction of sp³-hybridized carbons (Fsp3) is 0.640. The fourth-order valence-corrected chi connectivity index (χ4v) is 6.33. The molecule has 2 aromatic heterocycles. The first-order chi connectivity index (χ1) is 14.8. The van der Waals surface area contributed by atoms with Crippen LogP contribution < -0.4 is 10.1 Å². The summed E-state index contributed by atoms with van der Waals surface area (Å²) in [5.41, 5.74) is 1.47. The summed E-state index contributed by atoms with van der Waals surface area (Å²) in [4.78, 5) is 6.15. The minimum absolute atomic E-state index is 0. The standard InChI is InChI=1S/C25H34N2O2S.ClH/c1-4-14-27-23(8-1)24(13-16-28-25(19-24)10-2-3-11-25)12-15-26-18-22-21(9-17-30-22)29-20-6-5-7-20;/h1,4,8-9,14,17,20,26H,2-3,5-7,10-13,15-16,18-19H2;1H/t24-;/m1./s1. The zero-order chi connectivity index (χ0) is 20.3. The SMILES string of the molecule is Cl.c1ccc([C@]2(CCNCc3sccc3OC3CCC3)CCOC3(CCCC3)C2)nc1. The predicted octanol–water partition coefficient (Wildman–Crippen LogP) is 6.04. The lowest BCUT2D eigenvalue weighted by molar-refractivity contribution is -0.104. The van der Waals surface area contributed by atoms with Crippen LogP contribution in [0.3, 0.4) is 0 Å². The van der Waals surface area contributed by atoms with Gasteiger partial charge in [-0.15, -0.1) is 23.7 Å². The van der Waals surface area contributed by atoms with Crippen molar-refractivity contribution in [3.05, 3.63) is 46.4 Å². The molecule has 0 bridgehead atoms. The minimum atomic E-state index is 0. The van der Waals surface area contributed by atoms with Crippen molar-refractivity contribution in [1.82, 2.24) is 10.3 Å². The molecule has 0 amide bonds. The van der Waals surface area contributed by atoms with Crippen LogP contribution in [0.25, 0.3) is 0 Å². The second-order valence-electron chi connectivity index (χ2n) is 9.47. The van der Waals surface area contributed by atoms with Gasteiger partial charge in [0, 0.05) is 30.5 Å². The highest BCUT2D eigenvalue weighted by molar-refractivity contribution is 7.10. The number of nitrogens with one attached hydrogen (secondary N) is 1. The number of aromatic nitrogens is 1. The van der Waals surface area contributed by atoms with Gasteiger partial charge in [-0.2, -0.15) is 0 Å². The van der Waals surface area contributed by atoms with Crippen LogP contribution in [0.15, 0.2) is 35.8 Å². The molecule has 170 valence electrons. The maximum Gasteiger partial charge on any atom is 0.134 e. The molecule has 1 aliphatic heterocycles. The van der Waals surface area contributed by atoms with Crippen LogP contribution in [0.1, 0.15) is 74.8 Å². The number of nitrogens with zero attached hydrogens (tertiary/aromatic N) is 1. The maximum atomic E-state index is 6.37. The Labute approximate surface area is 196 Å². The molecular weight excluding hydrogens is 428 g/mol. The van der Waals surface area contributed by atoms with Crippen LogP contribution in [0, 0.1) is 0 Å². The monoisotopic (exact) mass is 462 g/mol. The second kappa shape index (κ2) is 10.2. The number of rotatable bonds is 8. The van der Waals surface area contributed by atoms with Crippen molar-refractivity contribution in [3.8, 4) is 5.75 Å². The normalized spacial score (nSPS) is 25.2. The van der Waals surface area contributed by atoms with E-state index in [-0.39, 0.29) is 23.4 Å². The summed E-state index contributed by atoms with van der Waals surface area (Å²) in [5, 5.41) is 5.88. The van der Waals surface area contributed by atoms with Crippen LogP contribution in [0.5, 0.6) is 5.75 Å². The molecule has 0 unspecified atom stereocenters. The molecule has 31 heavy (non-hydrogen) atoms. The lowest BCUT2D eigenvalue weighted by Gasteiger charge is -2.46. The molecule has 2 aliphatic carbocycles. The van der Waals surface area contributed by atoms with Crippen molar-refractivity contribution in [2.24, 2.45) is 0 Å². The first-order valence-electron chi connectivity index (χ1n) is 11.8. The summed E-state index contributed by atoms with van der Waals surface area (Å²) in [6.07, 6.45) is 14.5. The number of thiophene rings is 1. The van der Waals surface area contributed by atoms with Gasteiger partial charge >= 0.3 is 0 Å². The topological polar surface area (TPSA) is 43.4 Å². The van der Waals surface area contributed by atoms with E-state index in [2.05, 4.69) is 28.9 Å². The van der Waals surface area contributed by atoms with E-state index in [1.807, 2.05) is 12.3 Å². The highest BCUT2D eigenvalue weighted by Crippen LogP contribution is 2.49. The third-order valence-electron chi connectivity index (χ3n) is 7.49. The molecule has 0 aromatic carbocycles. The number of hydrogen-bond donors (Lipinski definition) is 1. The van der Waals surface area contributed by atoms with Crippen LogP contribution >= 0.6 is 23.7 Å². The first-order valence-corrected chi connectivity index (χ1v) is 12.6. The smallest absolute Gasteiger partial charge is 0.134 e. The van der Waals surface area contributed by atoms with E-state index in [0.717, 1.165) is 44.7 Å². The van der Waals surface area contributed by atoms with Crippen molar-refractivity contribution < 1.29 is 9.47 Å². The Balaban J connectivity index is 0.00000231. The lowest BCUT2D eigenvalue weighted by atomic mass is 9.68. The van der Waals surface area contributed by atoms with Gasteiger partial charge in [0.1, 0.15) is 5.75 Å². The van der Waals surface area contributed by atoms with Gasteiger partial charge in [0.05, 0.1) is 16.6 Å². The molecular formula is C25H35ClN2O2S. The van der Waals surface area contributed by atoms with Crippen LogP contribution in [-0.2, 0) is 16.7 Å². The Morgan fingerprint density at radius 3 is 2.74 bits per heavy atom. The van der Waals surface area contributed by atoms with Gasteiger partial charge in [-0.1, -0.05) is 18.9 Å². The van der Waals surface area contributed by atoms with Gasteiger partial charge in [0.25, 0.3) is 0 Å². The summed E-state index contributed by atoms with van der Waals surface area (Å²) in [6.45, 7) is 2.74. The quantitative estimate of drug-likeness (QED) is 0.486. The van der Waals surface area contributed by atoms with Gasteiger partial charge in [-0.05, 0) is 81.5 Å². The van der Waals surface area contributed by atoms with E-state index in [1.54, 1.807) is 11.3 Å². The molecule has 2 saturated carbocycles. The van der Waals surface area contributed by atoms with E-state index < -0.39 is 0 Å². The molecule has 5 rings (SSSR count).